The van der Waals surface area contributed by atoms with E-state index in [1.54, 1.807) is 10.9 Å². The number of hydrogen-bond acceptors (Lipinski definition) is 6. The summed E-state index contributed by atoms with van der Waals surface area (Å²) in [5.74, 6) is 0.876. The van der Waals surface area contributed by atoms with Crippen LogP contribution in [0, 0.1) is 5.92 Å². The molecular weight excluding hydrogens is 344 g/mol. The van der Waals surface area contributed by atoms with E-state index in [0.717, 1.165) is 54.2 Å². The molecule has 27 heavy (non-hydrogen) atoms. The van der Waals surface area contributed by atoms with Crippen LogP contribution in [0.1, 0.15) is 24.8 Å². The number of aliphatic imine (C=N–C) groups is 1. The minimum Gasteiger partial charge on any atom is -0.495 e. The largest absolute Gasteiger partial charge is 0.495 e. The molecule has 8 heteroatoms. The van der Waals surface area contributed by atoms with Crippen LogP contribution in [0.3, 0.4) is 0 Å². The van der Waals surface area contributed by atoms with Crippen molar-refractivity contribution in [3.63, 3.8) is 0 Å². The lowest BCUT2D eigenvalue weighted by Crippen LogP contribution is -2.43. The standard InChI is InChI=1S/C19H22N6O2/c1-24-8-13(6-22-24)19-21-7-14-15(23-16(18(20)26)11-2-3-11)10-27-9-12-4-5-25(19)17(12)14/h6-8,10-11,16,23H,2-5,9H2,1H3,(H2,20,26). The Morgan fingerprint density at radius 1 is 1.44 bits per heavy atom. The number of ether oxygens (including phenoxy) is 1. The second kappa shape index (κ2) is 6.00. The van der Waals surface area contributed by atoms with Crippen LogP contribution in [0.4, 0.5) is 0 Å². The molecule has 1 aliphatic carbocycles. The first-order valence-corrected chi connectivity index (χ1v) is 9.27. The maximum absolute atomic E-state index is 11.9. The monoisotopic (exact) mass is 366 g/mol. The maximum atomic E-state index is 11.9. The second-order valence-corrected chi connectivity index (χ2v) is 7.46. The first kappa shape index (κ1) is 16.2. The molecule has 3 aliphatic heterocycles. The molecule has 5 rings (SSSR count). The fraction of sp³-hybridized carbons (Fsp3) is 0.421. The van der Waals surface area contributed by atoms with Crippen molar-refractivity contribution in [2.24, 2.45) is 23.7 Å². The van der Waals surface area contributed by atoms with E-state index in [9.17, 15) is 4.79 Å². The van der Waals surface area contributed by atoms with E-state index >= 15 is 0 Å². The normalized spacial score (nSPS) is 22.3. The van der Waals surface area contributed by atoms with Crippen molar-refractivity contribution >= 4 is 11.7 Å². The van der Waals surface area contributed by atoms with Crippen molar-refractivity contribution in [1.82, 2.24) is 20.0 Å². The lowest BCUT2D eigenvalue weighted by atomic mass is 10.0. The van der Waals surface area contributed by atoms with Crippen LogP contribution in [-0.4, -0.2) is 45.6 Å². The number of nitrogens with one attached hydrogen (secondary N) is 1. The summed E-state index contributed by atoms with van der Waals surface area (Å²) >= 11 is 0. The summed E-state index contributed by atoms with van der Waals surface area (Å²) in [7, 11) is 1.90. The van der Waals surface area contributed by atoms with E-state index in [2.05, 4.69) is 15.3 Å². The third-order valence-electron chi connectivity index (χ3n) is 5.49. The summed E-state index contributed by atoms with van der Waals surface area (Å²) in [6, 6.07) is -0.374. The number of aromatic nitrogens is 2. The minimum absolute atomic E-state index is 0.304. The number of carbonyl (C=O) groups is 1. The smallest absolute Gasteiger partial charge is 0.240 e. The fourth-order valence-electron chi connectivity index (χ4n) is 4.00. The van der Waals surface area contributed by atoms with E-state index in [1.165, 1.54) is 5.57 Å². The summed E-state index contributed by atoms with van der Waals surface area (Å²) in [4.78, 5) is 18.8. The average molecular weight is 366 g/mol. The van der Waals surface area contributed by atoms with Gasteiger partial charge in [0, 0.05) is 31.6 Å². The lowest BCUT2D eigenvalue weighted by molar-refractivity contribution is -0.120. The van der Waals surface area contributed by atoms with Gasteiger partial charge in [-0.2, -0.15) is 5.10 Å². The Labute approximate surface area is 157 Å². The summed E-state index contributed by atoms with van der Waals surface area (Å²) in [6.45, 7) is 1.40. The van der Waals surface area contributed by atoms with Crippen LogP contribution in [0.2, 0.25) is 0 Å². The van der Waals surface area contributed by atoms with Gasteiger partial charge in [-0.3, -0.25) is 9.48 Å². The molecule has 0 spiro atoms. The molecule has 4 aliphatic rings. The predicted molar refractivity (Wildman–Crippen MR) is 99.1 cm³/mol. The molecule has 3 N–H and O–H groups in total. The van der Waals surface area contributed by atoms with Gasteiger partial charge in [-0.15, -0.1) is 0 Å². The molecule has 0 saturated heterocycles. The van der Waals surface area contributed by atoms with Gasteiger partial charge in [0.15, 0.2) is 0 Å². The second-order valence-electron chi connectivity index (χ2n) is 7.46. The first-order chi connectivity index (χ1) is 13.1. The van der Waals surface area contributed by atoms with Gasteiger partial charge in [0.25, 0.3) is 0 Å². The van der Waals surface area contributed by atoms with Gasteiger partial charge < -0.3 is 20.7 Å². The number of nitrogens with two attached hydrogens (primary N) is 1. The number of amides is 1. The van der Waals surface area contributed by atoms with E-state index < -0.39 is 0 Å². The van der Waals surface area contributed by atoms with Crippen molar-refractivity contribution in [1.29, 1.82) is 0 Å². The molecule has 1 unspecified atom stereocenters. The highest BCUT2D eigenvalue weighted by Crippen LogP contribution is 2.39. The Kier molecular flexibility index (Phi) is 3.60. The Hall–Kier alpha value is -3.03. The van der Waals surface area contributed by atoms with E-state index in [0.29, 0.717) is 12.5 Å². The third-order valence-corrected chi connectivity index (χ3v) is 5.49. The van der Waals surface area contributed by atoms with Gasteiger partial charge in [-0.1, -0.05) is 0 Å². The van der Waals surface area contributed by atoms with Gasteiger partial charge in [0.2, 0.25) is 5.91 Å². The Bertz CT molecular complexity index is 934. The Morgan fingerprint density at radius 3 is 3.00 bits per heavy atom. The number of carbonyl (C=O) groups excluding carboxylic acids is 1. The zero-order valence-corrected chi connectivity index (χ0v) is 15.2. The van der Waals surface area contributed by atoms with Crippen molar-refractivity contribution in [3.05, 3.63) is 53.0 Å². The third kappa shape index (κ3) is 2.72. The number of nitrogens with zero attached hydrogens (tertiary/aromatic N) is 4. The van der Waals surface area contributed by atoms with Gasteiger partial charge >= 0.3 is 0 Å². The number of amidine groups is 1. The summed E-state index contributed by atoms with van der Waals surface area (Å²) in [5.41, 5.74) is 10.7. The zero-order chi connectivity index (χ0) is 18.5. The average Bonchev–Trinajstić information content (AvgIpc) is 3.30. The van der Waals surface area contributed by atoms with Crippen molar-refractivity contribution < 1.29 is 9.53 Å². The highest BCUT2D eigenvalue weighted by atomic mass is 16.5. The molecule has 0 aromatic carbocycles. The number of primary amides is 1. The number of aryl methyl sites for hydroxylation is 1. The zero-order valence-electron chi connectivity index (χ0n) is 15.2. The van der Waals surface area contributed by atoms with Gasteiger partial charge in [0.05, 0.1) is 23.2 Å². The van der Waals surface area contributed by atoms with Crippen LogP contribution < -0.4 is 11.1 Å². The Balaban J connectivity index is 1.53. The summed E-state index contributed by atoms with van der Waals surface area (Å²) in [6.07, 6.45) is 10.3. The topological polar surface area (TPSA) is 97.8 Å². The van der Waals surface area contributed by atoms with Crippen molar-refractivity contribution in [2.45, 2.75) is 25.3 Å². The molecule has 140 valence electrons. The Morgan fingerprint density at radius 2 is 2.30 bits per heavy atom. The van der Waals surface area contributed by atoms with Gasteiger partial charge in [0.1, 0.15) is 24.7 Å². The first-order valence-electron chi connectivity index (χ1n) is 9.27. The summed E-state index contributed by atoms with van der Waals surface area (Å²) in [5, 5.41) is 7.60. The van der Waals surface area contributed by atoms with Gasteiger partial charge in [-0.05, 0) is 30.8 Å². The molecule has 1 atom stereocenters. The molecule has 0 radical (unpaired) electrons. The molecule has 1 amide bonds. The quantitative estimate of drug-likeness (QED) is 0.801. The number of rotatable bonds is 5. The molecule has 1 aromatic heterocycles. The fourth-order valence-corrected chi connectivity index (χ4v) is 4.00. The van der Waals surface area contributed by atoms with Crippen molar-refractivity contribution in [3.8, 4) is 0 Å². The number of hydrogen-bond donors (Lipinski definition) is 2. The molecule has 8 nitrogen and oxygen atoms in total. The van der Waals surface area contributed by atoms with E-state index in [1.807, 2.05) is 25.6 Å². The molecule has 4 heterocycles. The van der Waals surface area contributed by atoms with Crippen LogP contribution >= 0.6 is 0 Å². The van der Waals surface area contributed by atoms with Crippen molar-refractivity contribution in [2.75, 3.05) is 13.2 Å². The summed E-state index contributed by atoms with van der Waals surface area (Å²) < 4.78 is 7.56. The molecule has 1 saturated carbocycles. The van der Waals surface area contributed by atoms with Gasteiger partial charge in [-0.25, -0.2) is 4.99 Å². The van der Waals surface area contributed by atoms with Crippen LogP contribution in [-0.2, 0) is 16.6 Å². The lowest BCUT2D eigenvalue weighted by Gasteiger charge is -2.30. The van der Waals surface area contributed by atoms with E-state index in [-0.39, 0.29) is 11.9 Å². The van der Waals surface area contributed by atoms with Crippen LogP contribution in [0.5, 0.6) is 0 Å². The molecule has 0 bridgehead atoms. The molecule has 1 fully saturated rings. The molecule has 1 aromatic rings. The molecular formula is C19H22N6O2. The van der Waals surface area contributed by atoms with E-state index in [4.69, 9.17) is 15.5 Å². The van der Waals surface area contributed by atoms with Crippen LogP contribution in [0.25, 0.3) is 0 Å². The highest BCUT2D eigenvalue weighted by molar-refractivity contribution is 6.01. The predicted octanol–water partition coefficient (Wildman–Crippen LogP) is 0.749. The SMILES string of the molecule is Cn1cc(C2=NC=C3C(NC(C(N)=O)C4CC4)=COCC4=C3N2CC4)cn1. The minimum atomic E-state index is -0.374. The maximum Gasteiger partial charge on any atom is 0.240 e. The highest BCUT2D eigenvalue weighted by Gasteiger charge is 2.39. The van der Waals surface area contributed by atoms with Crippen LogP contribution in [0.15, 0.2) is 52.4 Å².